The Kier molecular flexibility index (Phi) is 1.30. The summed E-state index contributed by atoms with van der Waals surface area (Å²) in [6.45, 7) is 0. The third-order valence-corrected chi connectivity index (χ3v) is 1.35. The van der Waals surface area contributed by atoms with Crippen LogP contribution in [0.25, 0.3) is 0 Å². The van der Waals surface area contributed by atoms with Gasteiger partial charge < -0.3 is 22.9 Å². The number of hydrogen-bond acceptors (Lipinski definition) is 4. The number of nitrogen functional groups attached to an aromatic ring is 4. The van der Waals surface area contributed by atoms with Crippen molar-refractivity contribution in [1.29, 1.82) is 0 Å². The third-order valence-electron chi connectivity index (χ3n) is 1.35. The van der Waals surface area contributed by atoms with Crippen LogP contribution in [0.3, 0.4) is 0 Å². The molecule has 0 aromatic heterocycles. The van der Waals surface area contributed by atoms with Gasteiger partial charge in [-0.25, -0.2) is 0 Å². The zero-order valence-electron chi connectivity index (χ0n) is 5.46. The van der Waals surface area contributed by atoms with Gasteiger partial charge in [-0.3, -0.25) is 0 Å². The van der Waals surface area contributed by atoms with Crippen molar-refractivity contribution in [3.63, 3.8) is 0 Å². The summed E-state index contributed by atoms with van der Waals surface area (Å²) in [5, 5.41) is 0. The Bertz CT molecular complexity index is 229. The van der Waals surface area contributed by atoms with Crippen LogP contribution in [-0.4, -0.2) is 0 Å². The molecule has 0 amide bonds. The fraction of sp³-hybridized carbons (Fsp3) is 0. The van der Waals surface area contributed by atoms with E-state index in [1.165, 1.54) is 0 Å². The first-order valence-electron chi connectivity index (χ1n) is 2.82. The van der Waals surface area contributed by atoms with Crippen molar-refractivity contribution in [2.24, 2.45) is 0 Å². The summed E-state index contributed by atoms with van der Waals surface area (Å²) < 4.78 is 0. The SMILES string of the molecule is Nc1ccc(N)c(N)c1N. The summed E-state index contributed by atoms with van der Waals surface area (Å²) in [6.07, 6.45) is 0. The predicted octanol–water partition coefficient (Wildman–Crippen LogP) is 0.0154. The van der Waals surface area contributed by atoms with Gasteiger partial charge in [0.2, 0.25) is 0 Å². The van der Waals surface area contributed by atoms with E-state index in [0.29, 0.717) is 22.7 Å². The minimum absolute atomic E-state index is 0.361. The van der Waals surface area contributed by atoms with Crippen LogP contribution in [0.15, 0.2) is 12.1 Å². The molecule has 0 saturated carbocycles. The molecule has 0 spiro atoms. The van der Waals surface area contributed by atoms with Crippen LogP contribution in [0.2, 0.25) is 0 Å². The Morgan fingerprint density at radius 1 is 0.700 bits per heavy atom. The van der Waals surface area contributed by atoms with E-state index in [1.807, 2.05) is 0 Å². The van der Waals surface area contributed by atoms with Crippen LogP contribution in [0, 0.1) is 0 Å². The van der Waals surface area contributed by atoms with E-state index < -0.39 is 0 Å². The summed E-state index contributed by atoms with van der Waals surface area (Å²) in [7, 11) is 0. The minimum atomic E-state index is 0.361. The van der Waals surface area contributed by atoms with Crippen molar-refractivity contribution in [2.45, 2.75) is 0 Å². The fourth-order valence-electron chi connectivity index (χ4n) is 0.670. The molecule has 0 aliphatic rings. The first kappa shape index (κ1) is 6.54. The van der Waals surface area contributed by atoms with E-state index >= 15 is 0 Å². The maximum absolute atomic E-state index is 5.45. The molecule has 1 rings (SSSR count). The van der Waals surface area contributed by atoms with E-state index in [1.54, 1.807) is 12.1 Å². The lowest BCUT2D eigenvalue weighted by molar-refractivity contribution is 1.63. The van der Waals surface area contributed by atoms with Gasteiger partial charge in [0.1, 0.15) is 0 Å². The lowest BCUT2D eigenvalue weighted by atomic mass is 10.2. The zero-order chi connectivity index (χ0) is 7.72. The topological polar surface area (TPSA) is 104 Å². The number of benzene rings is 1. The Labute approximate surface area is 58.8 Å². The van der Waals surface area contributed by atoms with Crippen molar-refractivity contribution in [3.05, 3.63) is 12.1 Å². The summed E-state index contributed by atoms with van der Waals surface area (Å²) >= 11 is 0. The van der Waals surface area contributed by atoms with Crippen molar-refractivity contribution >= 4 is 22.7 Å². The quantitative estimate of drug-likeness (QED) is 0.379. The van der Waals surface area contributed by atoms with E-state index in [4.69, 9.17) is 22.9 Å². The van der Waals surface area contributed by atoms with Crippen LogP contribution in [0.1, 0.15) is 0 Å². The second-order valence-electron chi connectivity index (χ2n) is 2.07. The number of hydrogen-bond donors (Lipinski definition) is 4. The Morgan fingerprint density at radius 3 is 1.30 bits per heavy atom. The summed E-state index contributed by atoms with van der Waals surface area (Å²) in [5.74, 6) is 0. The summed E-state index contributed by atoms with van der Waals surface area (Å²) in [6, 6.07) is 3.25. The molecule has 0 bridgehead atoms. The first-order valence-corrected chi connectivity index (χ1v) is 2.82. The van der Waals surface area contributed by atoms with E-state index in [9.17, 15) is 0 Å². The molecule has 0 saturated heterocycles. The zero-order valence-corrected chi connectivity index (χ0v) is 5.46. The molecular weight excluding hydrogens is 128 g/mol. The molecule has 0 aliphatic carbocycles. The van der Waals surface area contributed by atoms with Gasteiger partial charge in [0.15, 0.2) is 0 Å². The Balaban J connectivity index is 3.34. The van der Waals surface area contributed by atoms with Crippen LogP contribution < -0.4 is 22.9 Å². The van der Waals surface area contributed by atoms with Gasteiger partial charge in [0.25, 0.3) is 0 Å². The molecule has 0 heterocycles. The normalized spacial score (nSPS) is 9.60. The van der Waals surface area contributed by atoms with Gasteiger partial charge in [0, 0.05) is 0 Å². The van der Waals surface area contributed by atoms with Gasteiger partial charge in [0.05, 0.1) is 22.7 Å². The van der Waals surface area contributed by atoms with Crippen molar-refractivity contribution in [2.75, 3.05) is 22.9 Å². The molecule has 0 aliphatic heterocycles. The highest BCUT2D eigenvalue weighted by molar-refractivity contribution is 5.85. The lowest BCUT2D eigenvalue weighted by Gasteiger charge is -2.05. The maximum atomic E-state index is 5.45. The molecule has 4 nitrogen and oxygen atoms in total. The Morgan fingerprint density at radius 2 is 1.00 bits per heavy atom. The molecule has 1 aromatic carbocycles. The average molecular weight is 138 g/mol. The predicted molar refractivity (Wildman–Crippen MR) is 44.1 cm³/mol. The van der Waals surface area contributed by atoms with Crippen LogP contribution >= 0.6 is 0 Å². The molecule has 4 heteroatoms. The highest BCUT2D eigenvalue weighted by Crippen LogP contribution is 2.27. The monoisotopic (exact) mass is 138 g/mol. The second kappa shape index (κ2) is 1.98. The molecule has 0 fully saturated rings. The van der Waals surface area contributed by atoms with Crippen LogP contribution in [0.5, 0.6) is 0 Å². The molecule has 1 aromatic rings. The Hall–Kier alpha value is -1.58. The fourth-order valence-corrected chi connectivity index (χ4v) is 0.670. The first-order chi connectivity index (χ1) is 4.63. The average Bonchev–Trinajstić information content (AvgIpc) is 1.93. The van der Waals surface area contributed by atoms with E-state index in [-0.39, 0.29) is 0 Å². The van der Waals surface area contributed by atoms with E-state index in [0.717, 1.165) is 0 Å². The van der Waals surface area contributed by atoms with Crippen molar-refractivity contribution < 1.29 is 0 Å². The smallest absolute Gasteiger partial charge is 0.0802 e. The highest BCUT2D eigenvalue weighted by atomic mass is 14.8. The molecule has 0 atom stereocenters. The number of nitrogens with two attached hydrogens (primary N) is 4. The van der Waals surface area contributed by atoms with Crippen LogP contribution in [0.4, 0.5) is 22.7 Å². The standard InChI is InChI=1S/C6H10N4/c7-3-1-2-4(8)6(10)5(3)9/h1-2H,7-10H2. The van der Waals surface area contributed by atoms with Gasteiger partial charge >= 0.3 is 0 Å². The van der Waals surface area contributed by atoms with Gasteiger partial charge in [-0.2, -0.15) is 0 Å². The second-order valence-corrected chi connectivity index (χ2v) is 2.07. The molecule has 54 valence electrons. The lowest BCUT2D eigenvalue weighted by Crippen LogP contribution is -2.02. The maximum Gasteiger partial charge on any atom is 0.0802 e. The van der Waals surface area contributed by atoms with Gasteiger partial charge in [-0.1, -0.05) is 0 Å². The molecule has 8 N–H and O–H groups in total. The highest BCUT2D eigenvalue weighted by Gasteiger charge is 2.00. The summed E-state index contributed by atoms with van der Waals surface area (Å²) in [5.41, 5.74) is 23.4. The van der Waals surface area contributed by atoms with Crippen LogP contribution in [-0.2, 0) is 0 Å². The van der Waals surface area contributed by atoms with Crippen molar-refractivity contribution in [1.82, 2.24) is 0 Å². The summed E-state index contributed by atoms with van der Waals surface area (Å²) in [4.78, 5) is 0. The van der Waals surface area contributed by atoms with Gasteiger partial charge in [-0.15, -0.1) is 0 Å². The van der Waals surface area contributed by atoms with Gasteiger partial charge in [-0.05, 0) is 12.1 Å². The molecule has 0 radical (unpaired) electrons. The van der Waals surface area contributed by atoms with Crippen molar-refractivity contribution in [3.8, 4) is 0 Å². The number of anilines is 4. The largest absolute Gasteiger partial charge is 0.397 e. The molecular formula is C6H10N4. The minimum Gasteiger partial charge on any atom is -0.397 e. The molecule has 0 unspecified atom stereocenters. The molecule has 10 heavy (non-hydrogen) atoms. The number of rotatable bonds is 0. The third kappa shape index (κ3) is 0.793. The van der Waals surface area contributed by atoms with E-state index in [2.05, 4.69) is 0 Å².